The minimum absolute atomic E-state index is 0.108. The summed E-state index contributed by atoms with van der Waals surface area (Å²) in [5.74, 6) is 0. The Hall–Kier alpha value is -1.38. The molecule has 0 aliphatic rings. The Morgan fingerprint density at radius 1 is 1.35 bits per heavy atom. The van der Waals surface area contributed by atoms with Crippen LogP contribution in [0.15, 0.2) is 49.1 Å². The summed E-state index contributed by atoms with van der Waals surface area (Å²) in [5, 5.41) is 13.1. The highest BCUT2D eigenvalue weighted by Crippen LogP contribution is 2.09. The van der Waals surface area contributed by atoms with Gasteiger partial charge < -0.3 is 10.4 Å². The van der Waals surface area contributed by atoms with Gasteiger partial charge in [0.25, 0.3) is 0 Å². The zero-order chi connectivity index (χ0) is 12.7. The first kappa shape index (κ1) is 13.7. The predicted molar refractivity (Wildman–Crippen MR) is 73.8 cm³/mol. The third kappa shape index (κ3) is 4.98. The van der Waals surface area contributed by atoms with Crippen molar-refractivity contribution in [3.8, 4) is 0 Å². The van der Waals surface area contributed by atoms with Gasteiger partial charge in [0.1, 0.15) is 0 Å². The lowest BCUT2D eigenvalue weighted by Gasteiger charge is -2.27. The summed E-state index contributed by atoms with van der Waals surface area (Å²) in [4.78, 5) is 0. The molecule has 1 unspecified atom stereocenters. The maximum Gasteiger partial charge on any atom is 0.0779 e. The molecule has 17 heavy (non-hydrogen) atoms. The molecule has 0 fully saturated rings. The van der Waals surface area contributed by atoms with Crippen LogP contribution < -0.4 is 5.32 Å². The second kappa shape index (κ2) is 6.38. The number of hydrogen-bond donors (Lipinski definition) is 2. The molecule has 0 saturated heterocycles. The molecule has 0 radical (unpaired) electrons. The number of benzene rings is 1. The second-order valence-electron chi connectivity index (χ2n) is 4.59. The monoisotopic (exact) mass is 231 g/mol. The van der Waals surface area contributed by atoms with E-state index in [1.165, 1.54) is 5.56 Å². The molecule has 1 aromatic rings. The molecule has 92 valence electrons. The van der Waals surface area contributed by atoms with Gasteiger partial charge in [-0.15, -0.1) is 6.58 Å². The van der Waals surface area contributed by atoms with E-state index < -0.39 is 5.60 Å². The van der Waals surface area contributed by atoms with E-state index in [1.807, 2.05) is 24.3 Å². The van der Waals surface area contributed by atoms with Crippen molar-refractivity contribution in [1.29, 1.82) is 0 Å². The van der Waals surface area contributed by atoms with Gasteiger partial charge in [-0.3, -0.25) is 0 Å². The van der Waals surface area contributed by atoms with E-state index in [2.05, 4.69) is 30.1 Å². The highest BCUT2D eigenvalue weighted by molar-refractivity contribution is 5.48. The molecule has 0 aliphatic heterocycles. The summed E-state index contributed by atoms with van der Waals surface area (Å²) >= 11 is 0. The largest absolute Gasteiger partial charge is 0.389 e. The van der Waals surface area contributed by atoms with Crippen molar-refractivity contribution >= 4 is 6.08 Å². The molecule has 0 saturated carbocycles. The maximum atomic E-state index is 9.84. The lowest BCUT2D eigenvalue weighted by Crippen LogP contribution is -2.45. The van der Waals surface area contributed by atoms with Crippen LogP contribution in [0.3, 0.4) is 0 Å². The lowest BCUT2D eigenvalue weighted by molar-refractivity contribution is 0.0558. The Labute approximate surface area is 104 Å². The van der Waals surface area contributed by atoms with Crippen molar-refractivity contribution in [1.82, 2.24) is 5.32 Å². The van der Waals surface area contributed by atoms with Gasteiger partial charge in [0.15, 0.2) is 0 Å². The molecule has 0 aliphatic carbocycles. The highest BCUT2D eigenvalue weighted by atomic mass is 16.3. The Morgan fingerprint density at radius 3 is 2.53 bits per heavy atom. The molecular weight excluding hydrogens is 210 g/mol. The van der Waals surface area contributed by atoms with Crippen molar-refractivity contribution in [3.63, 3.8) is 0 Å². The van der Waals surface area contributed by atoms with E-state index in [0.717, 1.165) is 0 Å². The summed E-state index contributed by atoms with van der Waals surface area (Å²) < 4.78 is 0. The summed E-state index contributed by atoms with van der Waals surface area (Å²) in [5.41, 5.74) is 0.384. The number of aliphatic hydroxyl groups is 1. The summed E-state index contributed by atoms with van der Waals surface area (Å²) in [6.45, 7) is 7.96. The molecule has 0 spiro atoms. The minimum atomic E-state index is -0.789. The third-order valence-electron chi connectivity index (χ3n) is 2.56. The molecule has 0 heterocycles. The topological polar surface area (TPSA) is 32.3 Å². The van der Waals surface area contributed by atoms with Crippen LogP contribution in [-0.4, -0.2) is 23.3 Å². The van der Waals surface area contributed by atoms with E-state index in [-0.39, 0.29) is 6.04 Å². The zero-order valence-electron chi connectivity index (χ0n) is 10.6. The van der Waals surface area contributed by atoms with Crippen LogP contribution in [0, 0.1) is 0 Å². The fourth-order valence-corrected chi connectivity index (χ4v) is 1.58. The molecule has 0 amide bonds. The smallest absolute Gasteiger partial charge is 0.0779 e. The molecule has 0 aromatic heterocycles. The van der Waals surface area contributed by atoms with Gasteiger partial charge >= 0.3 is 0 Å². The van der Waals surface area contributed by atoms with E-state index in [0.29, 0.717) is 6.54 Å². The SMILES string of the molecule is C=CC(NC/C=C/c1ccccc1)C(C)(C)O. The van der Waals surface area contributed by atoms with Crippen molar-refractivity contribution in [2.24, 2.45) is 0 Å². The molecular formula is C15H21NO. The average Bonchev–Trinajstić information content (AvgIpc) is 2.28. The molecule has 2 heteroatoms. The fraction of sp³-hybridized carbons (Fsp3) is 0.333. The van der Waals surface area contributed by atoms with Crippen LogP contribution in [0.4, 0.5) is 0 Å². The fourth-order valence-electron chi connectivity index (χ4n) is 1.58. The average molecular weight is 231 g/mol. The van der Waals surface area contributed by atoms with Crippen LogP contribution >= 0.6 is 0 Å². The van der Waals surface area contributed by atoms with Crippen molar-refractivity contribution in [2.75, 3.05) is 6.54 Å². The molecule has 1 aromatic carbocycles. The molecule has 0 bridgehead atoms. The van der Waals surface area contributed by atoms with Gasteiger partial charge in [0.2, 0.25) is 0 Å². The molecule has 2 N–H and O–H groups in total. The Balaban J connectivity index is 2.42. The maximum absolute atomic E-state index is 9.84. The summed E-state index contributed by atoms with van der Waals surface area (Å²) in [6, 6.07) is 10.0. The third-order valence-corrected chi connectivity index (χ3v) is 2.56. The number of hydrogen-bond acceptors (Lipinski definition) is 2. The molecule has 1 rings (SSSR count). The van der Waals surface area contributed by atoms with E-state index in [9.17, 15) is 5.11 Å². The van der Waals surface area contributed by atoms with Gasteiger partial charge in [-0.05, 0) is 19.4 Å². The van der Waals surface area contributed by atoms with Crippen LogP contribution in [0.5, 0.6) is 0 Å². The first-order chi connectivity index (χ1) is 8.04. The molecule has 1 atom stereocenters. The summed E-state index contributed by atoms with van der Waals surface area (Å²) in [7, 11) is 0. The minimum Gasteiger partial charge on any atom is -0.389 e. The van der Waals surface area contributed by atoms with Gasteiger partial charge in [-0.1, -0.05) is 48.6 Å². The first-order valence-corrected chi connectivity index (χ1v) is 5.84. The quantitative estimate of drug-likeness (QED) is 0.738. The molecule has 2 nitrogen and oxygen atoms in total. The van der Waals surface area contributed by atoms with Crippen LogP contribution in [0.2, 0.25) is 0 Å². The van der Waals surface area contributed by atoms with Crippen molar-refractivity contribution < 1.29 is 5.11 Å². The van der Waals surface area contributed by atoms with E-state index in [4.69, 9.17) is 0 Å². The highest BCUT2D eigenvalue weighted by Gasteiger charge is 2.22. The van der Waals surface area contributed by atoms with Crippen LogP contribution in [0.25, 0.3) is 6.08 Å². The normalized spacial score (nSPS) is 13.8. The van der Waals surface area contributed by atoms with Gasteiger partial charge in [-0.25, -0.2) is 0 Å². The van der Waals surface area contributed by atoms with E-state index in [1.54, 1.807) is 19.9 Å². The number of nitrogens with one attached hydrogen (secondary N) is 1. The van der Waals surface area contributed by atoms with Gasteiger partial charge in [0, 0.05) is 6.54 Å². The zero-order valence-corrected chi connectivity index (χ0v) is 10.6. The van der Waals surface area contributed by atoms with Gasteiger partial charge in [-0.2, -0.15) is 0 Å². The Morgan fingerprint density at radius 2 is 2.00 bits per heavy atom. The first-order valence-electron chi connectivity index (χ1n) is 5.84. The Kier molecular flexibility index (Phi) is 5.13. The number of rotatable bonds is 6. The second-order valence-corrected chi connectivity index (χ2v) is 4.59. The van der Waals surface area contributed by atoms with Crippen molar-refractivity contribution in [3.05, 3.63) is 54.6 Å². The van der Waals surface area contributed by atoms with Crippen LogP contribution in [0.1, 0.15) is 19.4 Å². The summed E-state index contributed by atoms with van der Waals surface area (Å²) in [6.07, 6.45) is 5.82. The standard InChI is InChI=1S/C15H21NO/c1-4-14(15(2,3)17)16-12-8-11-13-9-6-5-7-10-13/h4-11,14,16-17H,1,12H2,2-3H3/b11-8+. The van der Waals surface area contributed by atoms with Crippen LogP contribution in [-0.2, 0) is 0 Å². The predicted octanol–water partition coefficient (Wildman–Crippen LogP) is 2.61. The van der Waals surface area contributed by atoms with Gasteiger partial charge in [0.05, 0.1) is 11.6 Å². The van der Waals surface area contributed by atoms with Crippen molar-refractivity contribution in [2.45, 2.75) is 25.5 Å². The lowest BCUT2D eigenvalue weighted by atomic mass is 9.99. The van der Waals surface area contributed by atoms with E-state index >= 15 is 0 Å². The Bertz CT molecular complexity index is 362.